The Hall–Kier alpha value is -3.36. The molecule has 0 radical (unpaired) electrons. The summed E-state index contributed by atoms with van der Waals surface area (Å²) in [6.45, 7) is 3.02. The van der Waals surface area contributed by atoms with Crippen LogP contribution in [-0.2, 0) is 14.8 Å². The molecule has 1 N–H and O–H groups in total. The molecule has 0 unspecified atom stereocenters. The number of halogens is 1. The van der Waals surface area contributed by atoms with E-state index in [-0.39, 0.29) is 4.90 Å². The van der Waals surface area contributed by atoms with Crippen molar-refractivity contribution in [3.8, 4) is 5.75 Å². The fourth-order valence-electron chi connectivity index (χ4n) is 3.08. The lowest BCUT2D eigenvalue weighted by Gasteiger charge is -2.25. The first-order valence-corrected chi connectivity index (χ1v) is 11.9. The molecule has 0 spiro atoms. The predicted molar refractivity (Wildman–Crippen MR) is 131 cm³/mol. The zero-order valence-electron chi connectivity index (χ0n) is 18.4. The second-order valence-corrected chi connectivity index (χ2v) is 9.51. The maximum Gasteiger partial charge on any atom is 0.264 e. The van der Waals surface area contributed by atoms with Crippen LogP contribution in [0.2, 0.25) is 5.02 Å². The second kappa shape index (κ2) is 10.5. The molecule has 0 aliphatic rings. The number of aryl methyl sites for hydroxylation is 1. The van der Waals surface area contributed by atoms with Gasteiger partial charge in [0.05, 0.1) is 23.4 Å². The Balaban J connectivity index is 1.88. The topological polar surface area (TPSA) is 88.1 Å². The molecule has 9 heteroatoms. The molecule has 0 aromatic heterocycles. The van der Waals surface area contributed by atoms with Crippen LogP contribution >= 0.6 is 11.6 Å². The highest BCUT2D eigenvalue weighted by Gasteiger charge is 2.28. The van der Waals surface area contributed by atoms with Gasteiger partial charge < -0.3 is 4.74 Å². The molecule has 3 rings (SSSR count). The maximum absolute atomic E-state index is 13.4. The van der Waals surface area contributed by atoms with Crippen molar-refractivity contribution in [3.63, 3.8) is 0 Å². The molecule has 0 aliphatic carbocycles. The molecule has 1 amide bonds. The normalized spacial score (nSPS) is 11.7. The number of methoxy groups -OCH3 is 1. The van der Waals surface area contributed by atoms with Crippen molar-refractivity contribution >= 4 is 38.9 Å². The Morgan fingerprint density at radius 1 is 1.06 bits per heavy atom. The van der Waals surface area contributed by atoms with Crippen LogP contribution in [0.5, 0.6) is 5.75 Å². The lowest BCUT2D eigenvalue weighted by molar-refractivity contribution is -0.119. The standard InChI is InChI=1S/C24H24ClN3O4S/c1-17-9-12-20(25)15-23(17)28(33(30,31)22-7-5-4-6-8-22)16-24(29)27-26-18(2)19-10-13-21(32-3)14-11-19/h4-15H,16H2,1-3H3,(H,27,29)/b26-18-. The lowest BCUT2D eigenvalue weighted by atomic mass is 10.1. The minimum Gasteiger partial charge on any atom is -0.497 e. The Labute approximate surface area is 198 Å². The first kappa shape index (κ1) is 24.3. The predicted octanol–water partition coefficient (Wildman–Crippen LogP) is 4.39. The number of amides is 1. The number of rotatable bonds is 8. The van der Waals surface area contributed by atoms with Crippen molar-refractivity contribution in [2.45, 2.75) is 18.7 Å². The van der Waals surface area contributed by atoms with Crippen LogP contribution in [-0.4, -0.2) is 33.7 Å². The number of hydrazone groups is 1. The summed E-state index contributed by atoms with van der Waals surface area (Å²) in [5, 5.41) is 4.48. The third kappa shape index (κ3) is 5.91. The van der Waals surface area contributed by atoms with Crippen LogP contribution in [0.3, 0.4) is 0 Å². The first-order valence-electron chi connectivity index (χ1n) is 10.0. The molecule has 0 aliphatic heterocycles. The largest absolute Gasteiger partial charge is 0.497 e. The Morgan fingerprint density at radius 3 is 2.36 bits per heavy atom. The van der Waals surface area contributed by atoms with Gasteiger partial charge in [-0.25, -0.2) is 13.8 Å². The van der Waals surface area contributed by atoms with Gasteiger partial charge in [0.2, 0.25) is 0 Å². The molecule has 33 heavy (non-hydrogen) atoms. The number of anilines is 1. The molecule has 3 aromatic carbocycles. The number of hydrogen-bond acceptors (Lipinski definition) is 5. The van der Waals surface area contributed by atoms with Gasteiger partial charge in [-0.2, -0.15) is 5.10 Å². The van der Waals surface area contributed by atoms with Gasteiger partial charge in [-0.1, -0.05) is 35.9 Å². The van der Waals surface area contributed by atoms with Gasteiger partial charge in [-0.15, -0.1) is 0 Å². The van der Waals surface area contributed by atoms with E-state index in [9.17, 15) is 13.2 Å². The summed E-state index contributed by atoms with van der Waals surface area (Å²) in [7, 11) is -2.46. The fraction of sp³-hybridized carbons (Fsp3) is 0.167. The second-order valence-electron chi connectivity index (χ2n) is 7.22. The molecule has 0 heterocycles. The molecule has 3 aromatic rings. The number of nitrogens with zero attached hydrogens (tertiary/aromatic N) is 2. The molecular formula is C24H24ClN3O4S. The van der Waals surface area contributed by atoms with Crippen LogP contribution in [0, 0.1) is 6.92 Å². The number of ether oxygens (including phenoxy) is 1. The molecule has 0 bridgehead atoms. The summed E-state index contributed by atoms with van der Waals surface area (Å²) >= 11 is 6.13. The van der Waals surface area contributed by atoms with E-state index < -0.39 is 22.5 Å². The maximum atomic E-state index is 13.4. The monoisotopic (exact) mass is 485 g/mol. The molecule has 0 saturated carbocycles. The average molecular weight is 486 g/mol. The fourth-order valence-corrected chi connectivity index (χ4v) is 4.74. The minimum absolute atomic E-state index is 0.0649. The molecule has 7 nitrogen and oxygen atoms in total. The van der Waals surface area contributed by atoms with Crippen molar-refractivity contribution in [1.82, 2.24) is 5.43 Å². The summed E-state index contributed by atoms with van der Waals surface area (Å²) in [6.07, 6.45) is 0. The van der Waals surface area contributed by atoms with Crippen molar-refractivity contribution < 1.29 is 17.9 Å². The van der Waals surface area contributed by atoms with Crippen LogP contribution in [0.15, 0.2) is 82.8 Å². The van der Waals surface area contributed by atoms with Crippen LogP contribution in [0.4, 0.5) is 5.69 Å². The van der Waals surface area contributed by atoms with Gasteiger partial charge in [0, 0.05) is 5.02 Å². The molecule has 0 fully saturated rings. The van der Waals surface area contributed by atoms with Crippen molar-refractivity contribution in [1.29, 1.82) is 0 Å². The zero-order chi connectivity index (χ0) is 24.0. The quantitative estimate of drug-likeness (QED) is 0.378. The van der Waals surface area contributed by atoms with Crippen LogP contribution in [0.1, 0.15) is 18.1 Å². The number of hydrogen-bond donors (Lipinski definition) is 1. The van der Waals surface area contributed by atoms with Gasteiger partial charge in [0.25, 0.3) is 15.9 Å². The number of carbonyl (C=O) groups excluding carboxylic acids is 1. The van der Waals surface area contributed by atoms with Crippen molar-refractivity contribution in [2.75, 3.05) is 18.0 Å². The van der Waals surface area contributed by atoms with Gasteiger partial charge in [0.1, 0.15) is 12.3 Å². The van der Waals surface area contributed by atoms with Gasteiger partial charge in [-0.3, -0.25) is 9.10 Å². The third-order valence-electron chi connectivity index (χ3n) is 4.91. The SMILES string of the molecule is COc1ccc(/C(C)=N\NC(=O)CN(c2cc(Cl)ccc2C)S(=O)(=O)c2ccccc2)cc1. The summed E-state index contributed by atoms with van der Waals surface area (Å²) in [5.74, 6) is 0.107. The zero-order valence-corrected chi connectivity index (χ0v) is 20.0. The highest BCUT2D eigenvalue weighted by atomic mass is 35.5. The van der Waals surface area contributed by atoms with Crippen LogP contribution in [0.25, 0.3) is 0 Å². The number of sulfonamides is 1. The molecular weight excluding hydrogens is 462 g/mol. The van der Waals surface area contributed by atoms with Gasteiger partial charge in [-0.05, 0) is 73.5 Å². The third-order valence-corrected chi connectivity index (χ3v) is 6.92. The van der Waals surface area contributed by atoms with E-state index in [1.165, 1.54) is 18.2 Å². The highest BCUT2D eigenvalue weighted by molar-refractivity contribution is 7.92. The van der Waals surface area contributed by atoms with Gasteiger partial charge in [0.15, 0.2) is 0 Å². The van der Waals surface area contributed by atoms with E-state index in [0.29, 0.717) is 27.7 Å². The molecule has 172 valence electrons. The van der Waals surface area contributed by atoms with E-state index in [1.54, 1.807) is 63.4 Å². The van der Waals surface area contributed by atoms with E-state index in [4.69, 9.17) is 16.3 Å². The first-order chi connectivity index (χ1) is 15.7. The smallest absolute Gasteiger partial charge is 0.264 e. The highest BCUT2D eigenvalue weighted by Crippen LogP contribution is 2.29. The number of benzene rings is 3. The Morgan fingerprint density at radius 2 is 1.73 bits per heavy atom. The van der Waals surface area contributed by atoms with Crippen molar-refractivity contribution in [2.24, 2.45) is 5.10 Å². The minimum atomic E-state index is -4.04. The Bertz CT molecular complexity index is 1260. The van der Waals surface area contributed by atoms with E-state index in [0.717, 1.165) is 9.87 Å². The van der Waals surface area contributed by atoms with Crippen LogP contribution < -0.4 is 14.5 Å². The van der Waals surface area contributed by atoms with E-state index in [2.05, 4.69) is 10.5 Å². The van der Waals surface area contributed by atoms with Gasteiger partial charge >= 0.3 is 0 Å². The van der Waals surface area contributed by atoms with Crippen molar-refractivity contribution in [3.05, 3.63) is 88.9 Å². The summed E-state index contributed by atoms with van der Waals surface area (Å²) in [5.41, 5.74) is 4.77. The van der Waals surface area contributed by atoms with E-state index in [1.807, 2.05) is 12.1 Å². The molecule has 0 atom stereocenters. The molecule has 0 saturated heterocycles. The number of carbonyl (C=O) groups is 1. The summed E-state index contributed by atoms with van der Waals surface area (Å²) in [6, 6.07) is 20.0. The summed E-state index contributed by atoms with van der Waals surface area (Å²) < 4.78 is 33.0. The Kier molecular flexibility index (Phi) is 7.73. The lowest BCUT2D eigenvalue weighted by Crippen LogP contribution is -2.40. The van der Waals surface area contributed by atoms with E-state index >= 15 is 0 Å². The number of nitrogens with one attached hydrogen (secondary N) is 1. The average Bonchev–Trinajstić information content (AvgIpc) is 2.83. The summed E-state index contributed by atoms with van der Waals surface area (Å²) in [4.78, 5) is 12.8.